The second kappa shape index (κ2) is 5.92. The van der Waals surface area contributed by atoms with Gasteiger partial charge in [-0.2, -0.15) is 5.26 Å². The van der Waals surface area contributed by atoms with Crippen molar-refractivity contribution in [2.24, 2.45) is 11.3 Å². The molecule has 0 spiro atoms. The third-order valence-corrected chi connectivity index (χ3v) is 5.79. The Morgan fingerprint density at radius 2 is 2.17 bits per heavy atom. The summed E-state index contributed by atoms with van der Waals surface area (Å²) in [5, 5.41) is 18.9. The zero-order valence-electron chi connectivity index (χ0n) is 14.0. The highest BCUT2D eigenvalue weighted by Gasteiger charge is 2.51. The lowest BCUT2D eigenvalue weighted by atomic mass is 9.84. The van der Waals surface area contributed by atoms with Gasteiger partial charge in [0.2, 0.25) is 0 Å². The fraction of sp³-hybridized carbons (Fsp3) is 0.588. The molecule has 2 saturated heterocycles. The lowest BCUT2D eigenvalue weighted by Gasteiger charge is -2.36. The number of nitriles is 1. The van der Waals surface area contributed by atoms with E-state index in [1.165, 1.54) is 0 Å². The van der Waals surface area contributed by atoms with Crippen molar-refractivity contribution in [3.8, 4) is 6.07 Å². The van der Waals surface area contributed by atoms with Crippen molar-refractivity contribution in [2.45, 2.75) is 39.3 Å². The molecule has 2 aliphatic heterocycles. The molecule has 1 N–H and O–H groups in total. The van der Waals surface area contributed by atoms with Crippen molar-refractivity contribution in [1.29, 1.82) is 5.26 Å². The smallest absolute Gasteiger partial charge is 0.407 e. The summed E-state index contributed by atoms with van der Waals surface area (Å²) in [6.45, 7) is 7.76. The summed E-state index contributed by atoms with van der Waals surface area (Å²) in [5.41, 5.74) is 1.30. The van der Waals surface area contributed by atoms with Crippen LogP contribution in [0.1, 0.15) is 32.8 Å². The standard InChI is InChI=1S/C17H21BrN4O2/c1-17(2,3)14-5-11-8-21(9-13(11)22(14)16(23)24)12-4-10(6-19)15(18)20-7-12/h4,7,11,13-14H,5,8-9H2,1-3H3,(H,23,24)/t11-,13+,14?/m1/s1. The van der Waals surface area contributed by atoms with Crippen LogP contribution in [-0.4, -0.2) is 46.3 Å². The van der Waals surface area contributed by atoms with Gasteiger partial charge in [-0.05, 0) is 33.8 Å². The van der Waals surface area contributed by atoms with Gasteiger partial charge in [0.1, 0.15) is 10.7 Å². The van der Waals surface area contributed by atoms with Crippen molar-refractivity contribution < 1.29 is 9.90 Å². The fourth-order valence-electron chi connectivity index (χ4n) is 3.98. The summed E-state index contributed by atoms with van der Waals surface area (Å²) in [4.78, 5) is 19.9. The van der Waals surface area contributed by atoms with Gasteiger partial charge < -0.3 is 10.0 Å². The number of amides is 1. The number of likely N-dealkylation sites (tertiary alicyclic amines) is 1. The number of hydrogen-bond donors (Lipinski definition) is 1. The van der Waals surface area contributed by atoms with E-state index in [4.69, 9.17) is 5.26 Å². The first kappa shape index (κ1) is 17.0. The first-order valence-corrected chi connectivity index (χ1v) is 8.83. The van der Waals surface area contributed by atoms with E-state index >= 15 is 0 Å². The third-order valence-electron chi connectivity index (χ3n) is 5.16. The number of carboxylic acid groups (broad SMARTS) is 1. The van der Waals surface area contributed by atoms with E-state index in [1.54, 1.807) is 11.1 Å². The Hall–Kier alpha value is -1.81. The largest absolute Gasteiger partial charge is 0.465 e. The van der Waals surface area contributed by atoms with Crippen LogP contribution in [0.5, 0.6) is 0 Å². The molecule has 3 heterocycles. The number of anilines is 1. The number of fused-ring (bicyclic) bond motifs is 1. The minimum absolute atomic E-state index is 0.000840. The molecule has 1 unspecified atom stereocenters. The maximum Gasteiger partial charge on any atom is 0.407 e. The van der Waals surface area contributed by atoms with Gasteiger partial charge in [0, 0.05) is 25.0 Å². The molecule has 0 aliphatic carbocycles. The Morgan fingerprint density at radius 3 is 2.75 bits per heavy atom. The lowest BCUT2D eigenvalue weighted by molar-refractivity contribution is 0.0889. The number of halogens is 1. The van der Waals surface area contributed by atoms with Crippen LogP contribution in [0.2, 0.25) is 0 Å². The minimum atomic E-state index is -0.837. The molecule has 0 radical (unpaired) electrons. The summed E-state index contributed by atoms with van der Waals surface area (Å²) in [6.07, 6.45) is 1.78. The highest BCUT2D eigenvalue weighted by atomic mass is 79.9. The van der Waals surface area contributed by atoms with Gasteiger partial charge in [-0.25, -0.2) is 9.78 Å². The topological polar surface area (TPSA) is 80.5 Å². The van der Waals surface area contributed by atoms with Crippen molar-refractivity contribution in [2.75, 3.05) is 18.0 Å². The van der Waals surface area contributed by atoms with Gasteiger partial charge >= 0.3 is 6.09 Å². The normalized spacial score (nSPS) is 26.4. The van der Waals surface area contributed by atoms with Crippen LogP contribution in [0.15, 0.2) is 16.9 Å². The molecule has 1 aromatic rings. The van der Waals surface area contributed by atoms with Gasteiger partial charge in [0.05, 0.1) is 23.5 Å². The van der Waals surface area contributed by atoms with Gasteiger partial charge in [-0.3, -0.25) is 4.90 Å². The molecule has 1 aromatic heterocycles. The van der Waals surface area contributed by atoms with Crippen molar-refractivity contribution in [3.05, 3.63) is 22.4 Å². The second-order valence-corrected chi connectivity index (χ2v) is 8.43. The minimum Gasteiger partial charge on any atom is -0.465 e. The Morgan fingerprint density at radius 1 is 1.46 bits per heavy atom. The average molecular weight is 393 g/mol. The van der Waals surface area contributed by atoms with E-state index in [2.05, 4.69) is 52.7 Å². The Kier molecular flexibility index (Phi) is 4.20. The molecule has 2 aliphatic rings. The van der Waals surface area contributed by atoms with Crippen LogP contribution in [0.4, 0.5) is 10.5 Å². The number of pyridine rings is 1. The van der Waals surface area contributed by atoms with Gasteiger partial charge in [-0.15, -0.1) is 0 Å². The van der Waals surface area contributed by atoms with Crippen molar-refractivity contribution in [1.82, 2.24) is 9.88 Å². The molecule has 6 nitrogen and oxygen atoms in total. The summed E-state index contributed by atoms with van der Waals surface area (Å²) in [5.74, 6) is 0.319. The monoisotopic (exact) mass is 392 g/mol. The molecule has 7 heteroatoms. The molecule has 0 bridgehead atoms. The third kappa shape index (κ3) is 2.84. The molecule has 0 aromatic carbocycles. The predicted octanol–water partition coefficient (Wildman–Crippen LogP) is 3.32. The van der Waals surface area contributed by atoms with Crippen LogP contribution in [0, 0.1) is 22.7 Å². The van der Waals surface area contributed by atoms with Crippen molar-refractivity contribution >= 4 is 27.7 Å². The second-order valence-electron chi connectivity index (χ2n) is 7.68. The Balaban J connectivity index is 1.84. The van der Waals surface area contributed by atoms with Crippen LogP contribution in [0.25, 0.3) is 0 Å². The maximum atomic E-state index is 11.8. The SMILES string of the molecule is CC(C)(C)C1C[C@@H]2CN(c3cnc(Br)c(C#N)c3)C[C@@H]2N1C(=O)O. The zero-order chi connectivity index (χ0) is 17.6. The molecular formula is C17H21BrN4O2. The highest BCUT2D eigenvalue weighted by molar-refractivity contribution is 9.10. The molecular weight excluding hydrogens is 372 g/mol. The molecule has 24 heavy (non-hydrogen) atoms. The summed E-state index contributed by atoms with van der Waals surface area (Å²) >= 11 is 3.27. The van der Waals surface area contributed by atoms with E-state index in [0.29, 0.717) is 22.6 Å². The number of nitrogens with zero attached hydrogens (tertiary/aromatic N) is 4. The number of aromatic nitrogens is 1. The first-order valence-electron chi connectivity index (χ1n) is 8.04. The maximum absolute atomic E-state index is 11.8. The Labute approximate surface area is 150 Å². The molecule has 3 atom stereocenters. The van der Waals surface area contributed by atoms with Gasteiger partial charge in [-0.1, -0.05) is 20.8 Å². The molecule has 2 fully saturated rings. The summed E-state index contributed by atoms with van der Waals surface area (Å²) in [6, 6.07) is 3.98. The quantitative estimate of drug-likeness (QED) is 0.741. The highest BCUT2D eigenvalue weighted by Crippen LogP contribution is 2.43. The molecule has 0 saturated carbocycles. The Bertz CT molecular complexity index is 710. The van der Waals surface area contributed by atoms with E-state index in [0.717, 1.165) is 18.7 Å². The first-order chi connectivity index (χ1) is 11.2. The van der Waals surface area contributed by atoms with Gasteiger partial charge in [0.25, 0.3) is 0 Å². The van der Waals surface area contributed by atoms with E-state index in [1.807, 2.05) is 6.07 Å². The van der Waals surface area contributed by atoms with Crippen LogP contribution < -0.4 is 4.90 Å². The van der Waals surface area contributed by atoms with Gasteiger partial charge in [0.15, 0.2) is 0 Å². The van der Waals surface area contributed by atoms with Crippen LogP contribution >= 0.6 is 15.9 Å². The van der Waals surface area contributed by atoms with Crippen molar-refractivity contribution in [3.63, 3.8) is 0 Å². The van der Waals surface area contributed by atoms with E-state index in [-0.39, 0.29) is 17.5 Å². The lowest BCUT2D eigenvalue weighted by Crippen LogP contribution is -2.48. The fourth-order valence-corrected chi connectivity index (χ4v) is 4.28. The molecule has 128 valence electrons. The summed E-state index contributed by atoms with van der Waals surface area (Å²) < 4.78 is 0.535. The molecule has 3 rings (SSSR count). The number of carbonyl (C=O) groups is 1. The molecule has 1 amide bonds. The zero-order valence-corrected chi connectivity index (χ0v) is 15.6. The van der Waals surface area contributed by atoms with Crippen LogP contribution in [0.3, 0.4) is 0 Å². The van der Waals surface area contributed by atoms with E-state index < -0.39 is 6.09 Å². The van der Waals surface area contributed by atoms with Crippen LogP contribution in [-0.2, 0) is 0 Å². The number of hydrogen-bond acceptors (Lipinski definition) is 4. The average Bonchev–Trinajstić information content (AvgIpc) is 3.04. The summed E-state index contributed by atoms with van der Waals surface area (Å²) in [7, 11) is 0. The number of rotatable bonds is 1. The van der Waals surface area contributed by atoms with E-state index in [9.17, 15) is 9.90 Å². The predicted molar refractivity (Wildman–Crippen MR) is 93.9 cm³/mol.